The molecule has 4 rings (SSSR count). The first kappa shape index (κ1) is 13.3. The number of aryl methyl sites for hydroxylation is 2. The molecule has 2 aromatic rings. The van der Waals surface area contributed by atoms with Gasteiger partial charge in [0.25, 0.3) is 0 Å². The second kappa shape index (κ2) is 5.42. The predicted octanol–water partition coefficient (Wildman–Crippen LogP) is 2.09. The van der Waals surface area contributed by atoms with E-state index in [2.05, 4.69) is 15.0 Å². The van der Waals surface area contributed by atoms with Gasteiger partial charge >= 0.3 is 0 Å². The Hall–Kier alpha value is -1.40. The molecule has 1 fully saturated rings. The highest BCUT2D eigenvalue weighted by molar-refractivity contribution is 7.98. The average molecular weight is 301 g/mol. The Kier molecular flexibility index (Phi) is 3.43. The van der Waals surface area contributed by atoms with E-state index in [1.54, 1.807) is 11.8 Å². The summed E-state index contributed by atoms with van der Waals surface area (Å²) in [5.41, 5.74) is 4.94. The minimum Gasteiger partial charge on any atom is -0.317 e. The molecule has 21 heavy (non-hydrogen) atoms. The van der Waals surface area contributed by atoms with Crippen molar-refractivity contribution < 1.29 is 0 Å². The fraction of sp³-hybridized carbons (Fsp3) is 0.533. The molecule has 3 heterocycles. The molecule has 1 aliphatic heterocycles. The maximum Gasteiger partial charge on any atom is 0.187 e. The zero-order valence-electron chi connectivity index (χ0n) is 12.2. The zero-order chi connectivity index (χ0) is 14.2. The number of piperidine rings is 1. The standard InChI is InChI=1S/C15H19N5S/c1-21-15-17-8-10-2-3-11-9-18-20(14(11)13(10)19-15)12-4-6-16-7-5-12/h8-9,12,16H,2-7H2,1H3. The van der Waals surface area contributed by atoms with Crippen LogP contribution in [0.2, 0.25) is 0 Å². The molecule has 2 aromatic heterocycles. The third-order valence-corrected chi connectivity index (χ3v) is 5.00. The SMILES string of the molecule is CSc1ncc2c(n1)-c1c(cnn1C1CCNCC1)CC2. The molecule has 0 aromatic carbocycles. The van der Waals surface area contributed by atoms with Crippen molar-refractivity contribution >= 4 is 11.8 Å². The van der Waals surface area contributed by atoms with Gasteiger partial charge in [0.15, 0.2) is 5.16 Å². The van der Waals surface area contributed by atoms with E-state index in [0.29, 0.717) is 6.04 Å². The van der Waals surface area contributed by atoms with Crippen molar-refractivity contribution in [1.29, 1.82) is 0 Å². The van der Waals surface area contributed by atoms with E-state index < -0.39 is 0 Å². The normalized spacial score (nSPS) is 18.3. The monoisotopic (exact) mass is 301 g/mol. The van der Waals surface area contributed by atoms with Gasteiger partial charge in [0.05, 0.1) is 23.6 Å². The minimum atomic E-state index is 0.494. The molecule has 110 valence electrons. The Morgan fingerprint density at radius 3 is 2.81 bits per heavy atom. The van der Waals surface area contributed by atoms with Crippen LogP contribution in [0.5, 0.6) is 0 Å². The van der Waals surface area contributed by atoms with E-state index >= 15 is 0 Å². The van der Waals surface area contributed by atoms with Crippen molar-refractivity contribution in [2.75, 3.05) is 19.3 Å². The highest BCUT2D eigenvalue weighted by Crippen LogP contribution is 2.35. The van der Waals surface area contributed by atoms with E-state index in [-0.39, 0.29) is 0 Å². The summed E-state index contributed by atoms with van der Waals surface area (Å²) >= 11 is 1.60. The molecule has 0 spiro atoms. The van der Waals surface area contributed by atoms with Crippen molar-refractivity contribution in [3.05, 3.63) is 23.5 Å². The van der Waals surface area contributed by atoms with Crippen molar-refractivity contribution in [3.8, 4) is 11.4 Å². The smallest absolute Gasteiger partial charge is 0.187 e. The Labute approximate surface area is 128 Å². The Morgan fingerprint density at radius 2 is 2.00 bits per heavy atom. The third kappa shape index (κ3) is 2.26. The lowest BCUT2D eigenvalue weighted by atomic mass is 9.94. The summed E-state index contributed by atoms with van der Waals surface area (Å²) in [4.78, 5) is 9.20. The number of nitrogens with zero attached hydrogens (tertiary/aromatic N) is 4. The summed E-state index contributed by atoms with van der Waals surface area (Å²) in [6.45, 7) is 2.15. The summed E-state index contributed by atoms with van der Waals surface area (Å²) in [5.74, 6) is 0. The number of fused-ring (bicyclic) bond motifs is 3. The van der Waals surface area contributed by atoms with Crippen LogP contribution in [0.1, 0.15) is 30.0 Å². The molecule has 0 radical (unpaired) electrons. The Balaban J connectivity index is 1.82. The summed E-state index contributed by atoms with van der Waals surface area (Å²) in [5, 5.41) is 8.97. The van der Waals surface area contributed by atoms with Crippen molar-refractivity contribution in [2.45, 2.75) is 36.9 Å². The van der Waals surface area contributed by atoms with Crippen LogP contribution in [-0.2, 0) is 12.8 Å². The molecule has 1 aliphatic carbocycles. The van der Waals surface area contributed by atoms with Crippen LogP contribution >= 0.6 is 11.8 Å². The summed E-state index contributed by atoms with van der Waals surface area (Å²) in [6, 6.07) is 0.494. The number of hydrogen-bond acceptors (Lipinski definition) is 5. The maximum atomic E-state index is 4.78. The minimum absolute atomic E-state index is 0.494. The van der Waals surface area contributed by atoms with Gasteiger partial charge in [-0.05, 0) is 50.6 Å². The zero-order valence-corrected chi connectivity index (χ0v) is 13.0. The summed E-state index contributed by atoms with van der Waals surface area (Å²) < 4.78 is 2.23. The van der Waals surface area contributed by atoms with E-state index in [0.717, 1.165) is 49.6 Å². The van der Waals surface area contributed by atoms with Crippen LogP contribution in [-0.4, -0.2) is 39.1 Å². The number of nitrogens with one attached hydrogen (secondary N) is 1. The lowest BCUT2D eigenvalue weighted by Crippen LogP contribution is -2.30. The van der Waals surface area contributed by atoms with Crippen LogP contribution in [0.15, 0.2) is 17.6 Å². The van der Waals surface area contributed by atoms with Gasteiger partial charge in [-0.2, -0.15) is 5.10 Å². The topological polar surface area (TPSA) is 55.6 Å². The van der Waals surface area contributed by atoms with Gasteiger partial charge in [-0.3, -0.25) is 4.68 Å². The van der Waals surface area contributed by atoms with Crippen molar-refractivity contribution in [1.82, 2.24) is 25.1 Å². The molecule has 0 atom stereocenters. The summed E-state index contributed by atoms with van der Waals surface area (Å²) in [6.07, 6.45) is 10.4. The van der Waals surface area contributed by atoms with Gasteiger partial charge in [0.2, 0.25) is 0 Å². The van der Waals surface area contributed by atoms with Crippen LogP contribution < -0.4 is 5.32 Å². The number of aromatic nitrogens is 4. The van der Waals surface area contributed by atoms with Gasteiger partial charge in [-0.1, -0.05) is 11.8 Å². The lowest BCUT2D eigenvalue weighted by molar-refractivity contribution is 0.345. The van der Waals surface area contributed by atoms with Crippen molar-refractivity contribution in [3.63, 3.8) is 0 Å². The quantitative estimate of drug-likeness (QED) is 0.680. The van der Waals surface area contributed by atoms with Crippen LogP contribution in [0.4, 0.5) is 0 Å². The molecule has 2 aliphatic rings. The first-order valence-corrected chi connectivity index (χ1v) is 8.76. The van der Waals surface area contributed by atoms with Crippen LogP contribution in [0.25, 0.3) is 11.4 Å². The first-order chi connectivity index (χ1) is 10.4. The van der Waals surface area contributed by atoms with Gasteiger partial charge < -0.3 is 5.32 Å². The third-order valence-electron chi connectivity index (χ3n) is 4.44. The molecule has 0 amide bonds. The van der Waals surface area contributed by atoms with Crippen LogP contribution in [0.3, 0.4) is 0 Å². The fourth-order valence-corrected chi connectivity index (χ4v) is 3.66. The van der Waals surface area contributed by atoms with Gasteiger partial charge in [-0.15, -0.1) is 0 Å². The highest BCUT2D eigenvalue weighted by Gasteiger charge is 2.27. The first-order valence-electron chi connectivity index (χ1n) is 7.54. The molecule has 0 saturated carbocycles. The molecule has 6 heteroatoms. The molecule has 0 unspecified atom stereocenters. The number of rotatable bonds is 2. The predicted molar refractivity (Wildman–Crippen MR) is 83.6 cm³/mol. The molecular formula is C15H19N5S. The van der Waals surface area contributed by atoms with Gasteiger partial charge in [-0.25, -0.2) is 9.97 Å². The molecule has 1 saturated heterocycles. The molecule has 1 N–H and O–H groups in total. The summed E-state index contributed by atoms with van der Waals surface area (Å²) in [7, 11) is 0. The Bertz CT molecular complexity index is 660. The van der Waals surface area contributed by atoms with E-state index in [4.69, 9.17) is 10.1 Å². The fourth-order valence-electron chi connectivity index (χ4n) is 3.32. The molecular weight excluding hydrogens is 282 g/mol. The highest BCUT2D eigenvalue weighted by atomic mass is 32.2. The molecule has 5 nitrogen and oxygen atoms in total. The average Bonchev–Trinajstić information content (AvgIpc) is 2.99. The van der Waals surface area contributed by atoms with Gasteiger partial charge in [0, 0.05) is 11.8 Å². The maximum absolute atomic E-state index is 4.78. The Morgan fingerprint density at radius 1 is 1.19 bits per heavy atom. The lowest BCUT2D eigenvalue weighted by Gasteiger charge is -2.26. The second-order valence-corrected chi connectivity index (χ2v) is 6.45. The largest absolute Gasteiger partial charge is 0.317 e. The van der Waals surface area contributed by atoms with Crippen molar-refractivity contribution in [2.24, 2.45) is 0 Å². The molecule has 0 bridgehead atoms. The van der Waals surface area contributed by atoms with Gasteiger partial charge in [0.1, 0.15) is 0 Å². The van der Waals surface area contributed by atoms with E-state index in [9.17, 15) is 0 Å². The number of hydrogen-bond donors (Lipinski definition) is 1. The van der Waals surface area contributed by atoms with Crippen LogP contribution in [0, 0.1) is 0 Å². The number of thioether (sulfide) groups is 1. The van der Waals surface area contributed by atoms with E-state index in [1.807, 2.05) is 18.6 Å². The second-order valence-electron chi connectivity index (χ2n) is 5.67. The van der Waals surface area contributed by atoms with E-state index in [1.165, 1.54) is 16.8 Å².